The van der Waals surface area contributed by atoms with Crippen LogP contribution in [0.4, 0.5) is 0 Å². The van der Waals surface area contributed by atoms with Crippen molar-refractivity contribution in [2.45, 2.75) is 32.6 Å². The molecule has 3 heteroatoms. The number of rotatable bonds is 3. The molecule has 1 amide bonds. The van der Waals surface area contributed by atoms with Crippen LogP contribution in [-0.2, 0) is 4.79 Å². The van der Waals surface area contributed by atoms with Crippen molar-refractivity contribution in [2.24, 2.45) is 11.8 Å². The summed E-state index contributed by atoms with van der Waals surface area (Å²) >= 11 is 0. The molecule has 2 N–H and O–H groups in total. The Balaban J connectivity index is 2.18. The van der Waals surface area contributed by atoms with Gasteiger partial charge in [-0.05, 0) is 18.8 Å². The average Bonchev–Trinajstić information content (AvgIpc) is 1.94. The summed E-state index contributed by atoms with van der Waals surface area (Å²) in [6, 6.07) is 0. The van der Waals surface area contributed by atoms with Gasteiger partial charge in [-0.1, -0.05) is 13.3 Å². The molecule has 1 saturated carbocycles. The van der Waals surface area contributed by atoms with Gasteiger partial charge in [0.2, 0.25) is 5.91 Å². The normalized spacial score (nSPS) is 17.6. The SMILES string of the molecule is CCC(=O)N(N)CC1CCC1. The summed E-state index contributed by atoms with van der Waals surface area (Å²) in [5.74, 6) is 6.25. The smallest absolute Gasteiger partial charge is 0.236 e. The quantitative estimate of drug-likeness (QED) is 0.375. The van der Waals surface area contributed by atoms with E-state index < -0.39 is 0 Å². The molecule has 1 fully saturated rings. The molecule has 0 aromatic carbocycles. The van der Waals surface area contributed by atoms with Crippen molar-refractivity contribution in [1.29, 1.82) is 0 Å². The molecule has 0 bridgehead atoms. The van der Waals surface area contributed by atoms with Gasteiger partial charge in [0.15, 0.2) is 0 Å². The van der Waals surface area contributed by atoms with Gasteiger partial charge in [0.05, 0.1) is 0 Å². The van der Waals surface area contributed by atoms with Crippen molar-refractivity contribution in [2.75, 3.05) is 6.54 Å². The number of carbonyl (C=O) groups excluding carboxylic acids is 1. The van der Waals surface area contributed by atoms with Gasteiger partial charge in [-0.15, -0.1) is 0 Å². The van der Waals surface area contributed by atoms with Gasteiger partial charge in [0.1, 0.15) is 0 Å². The van der Waals surface area contributed by atoms with Crippen molar-refractivity contribution in [3.63, 3.8) is 0 Å². The maximum absolute atomic E-state index is 11.0. The van der Waals surface area contributed by atoms with E-state index in [0.717, 1.165) is 6.54 Å². The van der Waals surface area contributed by atoms with E-state index in [1.165, 1.54) is 24.3 Å². The number of hydrazine groups is 1. The minimum atomic E-state index is 0.0527. The Morgan fingerprint density at radius 2 is 2.27 bits per heavy atom. The van der Waals surface area contributed by atoms with Crippen LogP contribution in [0.5, 0.6) is 0 Å². The second-order valence-corrected chi connectivity index (χ2v) is 3.20. The zero-order chi connectivity index (χ0) is 8.27. The van der Waals surface area contributed by atoms with Crippen molar-refractivity contribution < 1.29 is 4.79 Å². The van der Waals surface area contributed by atoms with Gasteiger partial charge in [0, 0.05) is 13.0 Å². The number of amides is 1. The first-order valence-corrected chi connectivity index (χ1v) is 4.29. The standard InChI is InChI=1S/C8H16N2O/c1-2-8(11)10(9)6-7-4-3-5-7/h7H,2-6,9H2,1H3. The van der Waals surface area contributed by atoms with E-state index in [-0.39, 0.29) is 5.91 Å². The molecule has 0 unspecified atom stereocenters. The van der Waals surface area contributed by atoms with Crippen molar-refractivity contribution in [1.82, 2.24) is 5.01 Å². The van der Waals surface area contributed by atoms with Gasteiger partial charge >= 0.3 is 0 Å². The highest BCUT2D eigenvalue weighted by Crippen LogP contribution is 2.26. The van der Waals surface area contributed by atoms with Crippen LogP contribution in [0.2, 0.25) is 0 Å². The first kappa shape index (κ1) is 8.53. The minimum Gasteiger partial charge on any atom is -0.280 e. The van der Waals surface area contributed by atoms with Crippen LogP contribution in [0.15, 0.2) is 0 Å². The second kappa shape index (κ2) is 3.72. The predicted molar refractivity (Wildman–Crippen MR) is 43.5 cm³/mol. The Morgan fingerprint density at radius 1 is 1.64 bits per heavy atom. The highest BCUT2D eigenvalue weighted by atomic mass is 16.2. The van der Waals surface area contributed by atoms with Crippen LogP contribution >= 0.6 is 0 Å². The van der Waals surface area contributed by atoms with E-state index in [9.17, 15) is 4.79 Å². The maximum Gasteiger partial charge on any atom is 0.236 e. The van der Waals surface area contributed by atoms with Crippen molar-refractivity contribution >= 4 is 5.91 Å². The van der Waals surface area contributed by atoms with E-state index in [1.54, 1.807) is 0 Å². The molecule has 3 nitrogen and oxygen atoms in total. The Labute approximate surface area is 67.5 Å². The summed E-state index contributed by atoms with van der Waals surface area (Å²) in [4.78, 5) is 11.0. The van der Waals surface area contributed by atoms with Gasteiger partial charge in [-0.3, -0.25) is 9.80 Å². The minimum absolute atomic E-state index is 0.0527. The van der Waals surface area contributed by atoms with Crippen LogP contribution in [0.3, 0.4) is 0 Å². The molecule has 0 atom stereocenters. The predicted octanol–water partition coefficient (Wildman–Crippen LogP) is 0.899. The highest BCUT2D eigenvalue weighted by molar-refractivity contribution is 5.75. The average molecular weight is 156 g/mol. The number of nitrogens with zero attached hydrogens (tertiary/aromatic N) is 1. The number of carbonyl (C=O) groups is 1. The van der Waals surface area contributed by atoms with E-state index in [4.69, 9.17) is 5.84 Å². The molecule has 64 valence electrons. The summed E-state index contributed by atoms with van der Waals surface area (Å²) < 4.78 is 0. The molecular formula is C8H16N2O. The van der Waals surface area contributed by atoms with Crippen molar-refractivity contribution in [3.8, 4) is 0 Å². The topological polar surface area (TPSA) is 46.3 Å². The van der Waals surface area contributed by atoms with Gasteiger partial charge in [-0.25, -0.2) is 5.84 Å². The Morgan fingerprint density at radius 3 is 2.64 bits per heavy atom. The molecule has 11 heavy (non-hydrogen) atoms. The fourth-order valence-corrected chi connectivity index (χ4v) is 1.26. The molecular weight excluding hydrogens is 140 g/mol. The molecule has 1 rings (SSSR count). The summed E-state index contributed by atoms with van der Waals surface area (Å²) in [5.41, 5.74) is 0. The van der Waals surface area contributed by atoms with Gasteiger partial charge in [-0.2, -0.15) is 0 Å². The fraction of sp³-hybridized carbons (Fsp3) is 0.875. The first-order chi connectivity index (χ1) is 5.24. The van der Waals surface area contributed by atoms with E-state index in [1.807, 2.05) is 6.92 Å². The number of hydrogen-bond donors (Lipinski definition) is 1. The van der Waals surface area contributed by atoms with Gasteiger partial charge < -0.3 is 0 Å². The monoisotopic (exact) mass is 156 g/mol. The lowest BCUT2D eigenvalue weighted by molar-refractivity contribution is -0.132. The van der Waals surface area contributed by atoms with Crippen LogP contribution in [-0.4, -0.2) is 17.5 Å². The van der Waals surface area contributed by atoms with Crippen LogP contribution in [0.25, 0.3) is 0 Å². The Kier molecular flexibility index (Phi) is 2.88. The lowest BCUT2D eigenvalue weighted by atomic mass is 9.85. The molecule has 1 aliphatic rings. The van der Waals surface area contributed by atoms with Crippen LogP contribution in [0, 0.1) is 5.92 Å². The molecule has 0 heterocycles. The van der Waals surface area contributed by atoms with Crippen LogP contribution in [0.1, 0.15) is 32.6 Å². The van der Waals surface area contributed by atoms with E-state index in [0.29, 0.717) is 12.3 Å². The zero-order valence-electron chi connectivity index (χ0n) is 7.05. The summed E-state index contributed by atoms with van der Waals surface area (Å²) in [6.45, 7) is 2.59. The molecule has 0 aliphatic heterocycles. The van der Waals surface area contributed by atoms with Crippen molar-refractivity contribution in [3.05, 3.63) is 0 Å². The molecule has 0 aromatic rings. The lowest BCUT2D eigenvalue weighted by Crippen LogP contribution is -2.42. The maximum atomic E-state index is 11.0. The second-order valence-electron chi connectivity index (χ2n) is 3.20. The summed E-state index contributed by atoms with van der Waals surface area (Å²) in [5, 5.41) is 1.36. The molecule has 0 aromatic heterocycles. The Bertz CT molecular complexity index is 143. The largest absolute Gasteiger partial charge is 0.280 e. The molecule has 0 radical (unpaired) electrons. The van der Waals surface area contributed by atoms with Crippen LogP contribution < -0.4 is 5.84 Å². The third-order valence-electron chi connectivity index (χ3n) is 2.30. The summed E-state index contributed by atoms with van der Waals surface area (Å²) in [6.07, 6.45) is 4.30. The summed E-state index contributed by atoms with van der Waals surface area (Å²) in [7, 11) is 0. The Hall–Kier alpha value is -0.570. The number of hydrogen-bond acceptors (Lipinski definition) is 2. The molecule has 0 spiro atoms. The highest BCUT2D eigenvalue weighted by Gasteiger charge is 2.20. The van der Waals surface area contributed by atoms with Gasteiger partial charge in [0.25, 0.3) is 0 Å². The number of nitrogens with two attached hydrogens (primary N) is 1. The lowest BCUT2D eigenvalue weighted by Gasteiger charge is -2.29. The van der Waals surface area contributed by atoms with E-state index in [2.05, 4.69) is 0 Å². The third kappa shape index (κ3) is 2.19. The third-order valence-corrected chi connectivity index (χ3v) is 2.30. The van der Waals surface area contributed by atoms with E-state index >= 15 is 0 Å². The molecule has 0 saturated heterocycles. The molecule has 1 aliphatic carbocycles. The first-order valence-electron chi connectivity index (χ1n) is 4.29. The zero-order valence-corrected chi connectivity index (χ0v) is 7.05. The fourth-order valence-electron chi connectivity index (χ4n) is 1.26.